The fraction of sp³-hybridized carbons (Fsp3) is 0.667. The van der Waals surface area contributed by atoms with Crippen molar-refractivity contribution in [2.24, 2.45) is 5.41 Å². The van der Waals surface area contributed by atoms with Gasteiger partial charge in [0.05, 0.1) is 11.4 Å². The Balaban J connectivity index is 2.95. The fourth-order valence-corrected chi connectivity index (χ4v) is 2.24. The highest BCUT2D eigenvalue weighted by molar-refractivity contribution is 7.99. The summed E-state index contributed by atoms with van der Waals surface area (Å²) < 4.78 is 2.07. The summed E-state index contributed by atoms with van der Waals surface area (Å²) in [6, 6.07) is 0.278. The first-order chi connectivity index (χ1) is 7.71. The zero-order valence-electron chi connectivity index (χ0n) is 11.0. The molecule has 96 valence electrons. The van der Waals surface area contributed by atoms with E-state index in [1.165, 1.54) is 11.8 Å². The number of carbonyl (C=O) groups is 1. The van der Waals surface area contributed by atoms with Gasteiger partial charge in [0.15, 0.2) is 5.16 Å². The molecular formula is C12H20N2O2S. The lowest BCUT2D eigenvalue weighted by atomic mass is 9.88. The maximum atomic E-state index is 10.6. The molecule has 0 aliphatic rings. The SMILES string of the molecule is Cc1cn(C(C)C(C)(C)C)c(SCC(=O)O)n1. The molecule has 1 heterocycles. The minimum atomic E-state index is -0.814. The highest BCUT2D eigenvalue weighted by Crippen LogP contribution is 2.33. The van der Waals surface area contributed by atoms with E-state index in [0.717, 1.165) is 10.9 Å². The van der Waals surface area contributed by atoms with Gasteiger partial charge in [0.2, 0.25) is 0 Å². The molecule has 0 aromatic carbocycles. The summed E-state index contributed by atoms with van der Waals surface area (Å²) in [7, 11) is 0. The number of hydrogen-bond donors (Lipinski definition) is 1. The predicted molar refractivity (Wildman–Crippen MR) is 69.5 cm³/mol. The Morgan fingerprint density at radius 1 is 1.59 bits per heavy atom. The zero-order valence-corrected chi connectivity index (χ0v) is 11.8. The topological polar surface area (TPSA) is 55.1 Å². The summed E-state index contributed by atoms with van der Waals surface area (Å²) in [4.78, 5) is 15.0. The Bertz CT molecular complexity index is 407. The maximum absolute atomic E-state index is 10.6. The Labute approximate surface area is 106 Å². The lowest BCUT2D eigenvalue weighted by Crippen LogP contribution is -2.21. The first-order valence-electron chi connectivity index (χ1n) is 5.62. The molecule has 1 atom stereocenters. The molecule has 0 radical (unpaired) electrons. The molecule has 0 bridgehead atoms. The molecule has 1 unspecified atom stereocenters. The Morgan fingerprint density at radius 3 is 2.65 bits per heavy atom. The second kappa shape index (κ2) is 5.12. The molecule has 0 fully saturated rings. The molecular weight excluding hydrogens is 236 g/mol. The van der Waals surface area contributed by atoms with Crippen LogP contribution in [0.5, 0.6) is 0 Å². The highest BCUT2D eigenvalue weighted by atomic mass is 32.2. The van der Waals surface area contributed by atoms with Gasteiger partial charge in [-0.15, -0.1) is 0 Å². The van der Waals surface area contributed by atoms with Crippen LogP contribution in [0, 0.1) is 12.3 Å². The van der Waals surface area contributed by atoms with Crippen molar-refractivity contribution in [1.82, 2.24) is 9.55 Å². The standard InChI is InChI=1S/C12H20N2O2S/c1-8-6-14(9(2)12(3,4)5)11(13-8)17-7-10(15)16/h6,9H,7H2,1-5H3,(H,15,16). The highest BCUT2D eigenvalue weighted by Gasteiger charge is 2.24. The molecule has 0 amide bonds. The Kier molecular flexibility index (Phi) is 4.25. The number of imidazole rings is 1. The minimum absolute atomic E-state index is 0.0489. The summed E-state index contributed by atoms with van der Waals surface area (Å²) in [5, 5.41) is 9.50. The first-order valence-corrected chi connectivity index (χ1v) is 6.60. The average Bonchev–Trinajstić information content (AvgIpc) is 2.53. The number of carboxylic acids is 1. The van der Waals surface area contributed by atoms with E-state index in [0.29, 0.717) is 0 Å². The van der Waals surface area contributed by atoms with E-state index in [1.54, 1.807) is 0 Å². The number of hydrogen-bond acceptors (Lipinski definition) is 3. The zero-order chi connectivity index (χ0) is 13.2. The molecule has 1 aromatic rings. The van der Waals surface area contributed by atoms with Gasteiger partial charge >= 0.3 is 5.97 Å². The molecule has 0 saturated carbocycles. The molecule has 5 heteroatoms. The molecule has 0 spiro atoms. The second-order valence-electron chi connectivity index (χ2n) is 5.30. The van der Waals surface area contributed by atoms with Gasteiger partial charge in [-0.1, -0.05) is 32.5 Å². The van der Waals surface area contributed by atoms with Gasteiger partial charge in [0.1, 0.15) is 0 Å². The van der Waals surface area contributed by atoms with Gasteiger partial charge in [-0.05, 0) is 19.3 Å². The van der Waals surface area contributed by atoms with E-state index in [-0.39, 0.29) is 17.2 Å². The number of nitrogens with zero attached hydrogens (tertiary/aromatic N) is 2. The van der Waals surface area contributed by atoms with Crippen molar-refractivity contribution in [3.8, 4) is 0 Å². The van der Waals surface area contributed by atoms with Crippen molar-refractivity contribution in [3.05, 3.63) is 11.9 Å². The number of carboxylic acid groups (broad SMARTS) is 1. The smallest absolute Gasteiger partial charge is 0.313 e. The lowest BCUT2D eigenvalue weighted by Gasteiger charge is -2.29. The quantitative estimate of drug-likeness (QED) is 0.841. The number of aryl methyl sites for hydroxylation is 1. The van der Waals surface area contributed by atoms with Crippen molar-refractivity contribution in [3.63, 3.8) is 0 Å². The van der Waals surface area contributed by atoms with Gasteiger partial charge in [0, 0.05) is 12.2 Å². The van der Waals surface area contributed by atoms with Crippen LogP contribution in [0.15, 0.2) is 11.4 Å². The summed E-state index contributed by atoms with van der Waals surface area (Å²) >= 11 is 1.27. The second-order valence-corrected chi connectivity index (χ2v) is 6.24. The maximum Gasteiger partial charge on any atom is 0.313 e. The van der Waals surface area contributed by atoms with Crippen LogP contribution in [0.2, 0.25) is 0 Å². The largest absolute Gasteiger partial charge is 0.481 e. The molecule has 1 N–H and O–H groups in total. The van der Waals surface area contributed by atoms with Crippen LogP contribution >= 0.6 is 11.8 Å². The van der Waals surface area contributed by atoms with Crippen LogP contribution in [-0.4, -0.2) is 26.4 Å². The van der Waals surface area contributed by atoms with Crippen molar-refractivity contribution in [2.75, 3.05) is 5.75 Å². The van der Waals surface area contributed by atoms with E-state index in [9.17, 15) is 4.79 Å². The van der Waals surface area contributed by atoms with Gasteiger partial charge in [-0.3, -0.25) is 4.79 Å². The third-order valence-corrected chi connectivity index (χ3v) is 3.77. The van der Waals surface area contributed by atoms with Gasteiger partial charge in [-0.2, -0.15) is 0 Å². The third-order valence-electron chi connectivity index (χ3n) is 2.81. The van der Waals surface area contributed by atoms with Gasteiger partial charge in [-0.25, -0.2) is 4.98 Å². The monoisotopic (exact) mass is 256 g/mol. The molecule has 17 heavy (non-hydrogen) atoms. The van der Waals surface area contributed by atoms with Crippen LogP contribution < -0.4 is 0 Å². The summed E-state index contributed by atoms with van der Waals surface area (Å²) in [5.74, 6) is -0.765. The normalized spacial score (nSPS) is 13.7. The summed E-state index contributed by atoms with van der Waals surface area (Å²) in [6.07, 6.45) is 1.99. The van der Waals surface area contributed by atoms with Crippen molar-refractivity contribution in [1.29, 1.82) is 0 Å². The van der Waals surface area contributed by atoms with E-state index in [1.807, 2.05) is 13.1 Å². The van der Waals surface area contributed by atoms with E-state index < -0.39 is 5.97 Å². The minimum Gasteiger partial charge on any atom is -0.481 e. The molecule has 0 aliphatic heterocycles. The lowest BCUT2D eigenvalue weighted by molar-refractivity contribution is -0.133. The summed E-state index contributed by atoms with van der Waals surface area (Å²) in [6.45, 7) is 10.6. The Morgan fingerprint density at radius 2 is 2.18 bits per heavy atom. The molecule has 0 aliphatic carbocycles. The first kappa shape index (κ1) is 14.1. The third kappa shape index (κ3) is 3.77. The van der Waals surface area contributed by atoms with E-state index >= 15 is 0 Å². The molecule has 1 rings (SSSR count). The van der Waals surface area contributed by atoms with Crippen LogP contribution in [0.3, 0.4) is 0 Å². The van der Waals surface area contributed by atoms with E-state index in [2.05, 4.69) is 37.2 Å². The van der Waals surface area contributed by atoms with Crippen LogP contribution in [0.25, 0.3) is 0 Å². The number of aliphatic carboxylic acids is 1. The molecule has 4 nitrogen and oxygen atoms in total. The van der Waals surface area contributed by atoms with Crippen LogP contribution in [0.1, 0.15) is 39.4 Å². The van der Waals surface area contributed by atoms with Gasteiger partial charge in [0.25, 0.3) is 0 Å². The van der Waals surface area contributed by atoms with Crippen LogP contribution in [0.4, 0.5) is 0 Å². The van der Waals surface area contributed by atoms with E-state index in [4.69, 9.17) is 5.11 Å². The van der Waals surface area contributed by atoms with Crippen molar-refractivity contribution in [2.45, 2.75) is 45.8 Å². The number of rotatable bonds is 4. The van der Waals surface area contributed by atoms with Gasteiger partial charge < -0.3 is 9.67 Å². The predicted octanol–water partition coefficient (Wildman–Crippen LogP) is 2.98. The fourth-order valence-electron chi connectivity index (χ4n) is 1.42. The molecule has 1 aromatic heterocycles. The number of aromatic nitrogens is 2. The van der Waals surface area contributed by atoms with Crippen LogP contribution in [-0.2, 0) is 4.79 Å². The van der Waals surface area contributed by atoms with Crippen molar-refractivity contribution < 1.29 is 9.90 Å². The van der Waals surface area contributed by atoms with Crippen molar-refractivity contribution >= 4 is 17.7 Å². The average molecular weight is 256 g/mol. The number of thioether (sulfide) groups is 1. The molecule has 0 saturated heterocycles. The summed E-state index contributed by atoms with van der Waals surface area (Å²) in [5.41, 5.74) is 1.04. The Hall–Kier alpha value is -0.970.